The molecule has 16 heavy (non-hydrogen) atoms. The van der Waals surface area contributed by atoms with Crippen LogP contribution >= 0.6 is 15.9 Å². The molecule has 0 aliphatic carbocycles. The van der Waals surface area contributed by atoms with Crippen LogP contribution in [0.1, 0.15) is 0 Å². The van der Waals surface area contributed by atoms with Gasteiger partial charge in [-0.25, -0.2) is 9.97 Å². The number of aromatic nitrogens is 2. The highest BCUT2D eigenvalue weighted by Crippen LogP contribution is 2.26. The summed E-state index contributed by atoms with van der Waals surface area (Å²) in [6, 6.07) is 10.1. The molecule has 0 unspecified atom stereocenters. The lowest BCUT2D eigenvalue weighted by atomic mass is 10.1. The van der Waals surface area contributed by atoms with Crippen LogP contribution in [0.5, 0.6) is 0 Å². The zero-order valence-electron chi connectivity index (χ0n) is 9.18. The van der Waals surface area contributed by atoms with Gasteiger partial charge in [-0.1, -0.05) is 30.3 Å². The smallest absolute Gasteiger partial charge is 0.225 e. The van der Waals surface area contributed by atoms with Crippen molar-refractivity contribution < 1.29 is 0 Å². The average Bonchev–Trinajstić information content (AvgIpc) is 2.30. The molecule has 0 spiro atoms. The summed E-state index contributed by atoms with van der Waals surface area (Å²) in [6.07, 6.45) is 1.78. The highest BCUT2D eigenvalue weighted by molar-refractivity contribution is 9.10. The van der Waals surface area contributed by atoms with E-state index >= 15 is 0 Å². The second kappa shape index (κ2) is 4.61. The Morgan fingerprint density at radius 2 is 1.81 bits per heavy atom. The van der Waals surface area contributed by atoms with Crippen LogP contribution in [0, 0.1) is 0 Å². The molecule has 0 fully saturated rings. The second-order valence-corrected chi connectivity index (χ2v) is 4.48. The first-order valence-electron chi connectivity index (χ1n) is 4.94. The third kappa shape index (κ3) is 2.22. The Labute approximate surface area is 103 Å². The van der Waals surface area contributed by atoms with E-state index in [0.717, 1.165) is 15.7 Å². The van der Waals surface area contributed by atoms with E-state index in [2.05, 4.69) is 25.9 Å². The molecule has 0 aliphatic rings. The standard InChI is InChI=1S/C12H12BrN3/c1-16(2)12-14-8-10(13)11(15-12)9-6-4-3-5-7-9/h3-8H,1-2H3. The van der Waals surface area contributed by atoms with Crippen LogP contribution in [0.2, 0.25) is 0 Å². The Morgan fingerprint density at radius 1 is 1.12 bits per heavy atom. The molecule has 0 radical (unpaired) electrons. The Hall–Kier alpha value is -1.42. The van der Waals surface area contributed by atoms with Crippen LogP contribution in [0.25, 0.3) is 11.3 Å². The molecule has 0 saturated heterocycles. The summed E-state index contributed by atoms with van der Waals surface area (Å²) in [5.74, 6) is 0.710. The van der Waals surface area contributed by atoms with Gasteiger partial charge in [-0.05, 0) is 15.9 Å². The van der Waals surface area contributed by atoms with Crippen molar-refractivity contribution in [1.82, 2.24) is 9.97 Å². The summed E-state index contributed by atoms with van der Waals surface area (Å²) in [7, 11) is 3.86. The molecule has 4 heteroatoms. The predicted molar refractivity (Wildman–Crippen MR) is 69.5 cm³/mol. The fraction of sp³-hybridized carbons (Fsp3) is 0.167. The molecule has 0 aliphatic heterocycles. The van der Waals surface area contributed by atoms with Gasteiger partial charge in [0.15, 0.2) is 0 Å². The number of nitrogens with zero attached hydrogens (tertiary/aromatic N) is 3. The molecule has 1 aromatic heterocycles. The molecule has 3 nitrogen and oxygen atoms in total. The van der Waals surface area contributed by atoms with Crippen molar-refractivity contribution in [2.45, 2.75) is 0 Å². The molecule has 1 heterocycles. The van der Waals surface area contributed by atoms with Crippen LogP contribution in [0.15, 0.2) is 41.0 Å². The number of anilines is 1. The van der Waals surface area contributed by atoms with E-state index < -0.39 is 0 Å². The Bertz CT molecular complexity index is 483. The van der Waals surface area contributed by atoms with E-state index in [0.29, 0.717) is 5.95 Å². The van der Waals surface area contributed by atoms with Crippen molar-refractivity contribution in [3.05, 3.63) is 41.0 Å². The van der Waals surface area contributed by atoms with Crippen molar-refractivity contribution in [2.75, 3.05) is 19.0 Å². The number of rotatable bonds is 2. The Balaban J connectivity index is 2.52. The van der Waals surface area contributed by atoms with E-state index in [9.17, 15) is 0 Å². The maximum atomic E-state index is 4.51. The molecule has 1 aromatic carbocycles. The average molecular weight is 278 g/mol. The van der Waals surface area contributed by atoms with Crippen molar-refractivity contribution >= 4 is 21.9 Å². The fourth-order valence-corrected chi connectivity index (χ4v) is 1.79. The van der Waals surface area contributed by atoms with E-state index in [1.165, 1.54) is 0 Å². The summed E-state index contributed by atoms with van der Waals surface area (Å²) >= 11 is 3.47. The van der Waals surface area contributed by atoms with Gasteiger partial charge in [0.25, 0.3) is 0 Å². The molecule has 0 saturated carbocycles. The van der Waals surface area contributed by atoms with Crippen LogP contribution in [-0.2, 0) is 0 Å². The molecular formula is C12H12BrN3. The quantitative estimate of drug-likeness (QED) is 0.845. The maximum Gasteiger partial charge on any atom is 0.225 e. The minimum Gasteiger partial charge on any atom is -0.347 e. The number of halogens is 1. The van der Waals surface area contributed by atoms with Gasteiger partial charge in [-0.2, -0.15) is 0 Å². The molecule has 2 rings (SSSR count). The van der Waals surface area contributed by atoms with Gasteiger partial charge in [0.1, 0.15) is 0 Å². The lowest BCUT2D eigenvalue weighted by Gasteiger charge is -2.12. The lowest BCUT2D eigenvalue weighted by Crippen LogP contribution is -2.12. The van der Waals surface area contributed by atoms with Crippen LogP contribution < -0.4 is 4.90 Å². The molecular weight excluding hydrogens is 266 g/mol. The molecule has 0 bridgehead atoms. The van der Waals surface area contributed by atoms with E-state index in [-0.39, 0.29) is 0 Å². The highest BCUT2D eigenvalue weighted by Gasteiger charge is 2.07. The van der Waals surface area contributed by atoms with Gasteiger partial charge < -0.3 is 4.90 Å². The van der Waals surface area contributed by atoms with Gasteiger partial charge in [0, 0.05) is 25.9 Å². The summed E-state index contributed by atoms with van der Waals surface area (Å²) in [5.41, 5.74) is 2.00. The number of benzene rings is 1. The number of hydrogen-bond donors (Lipinski definition) is 0. The zero-order valence-corrected chi connectivity index (χ0v) is 10.8. The molecule has 82 valence electrons. The third-order valence-corrected chi connectivity index (χ3v) is 2.76. The Kier molecular flexibility index (Phi) is 3.19. The summed E-state index contributed by atoms with van der Waals surface area (Å²) in [6.45, 7) is 0. The summed E-state index contributed by atoms with van der Waals surface area (Å²) < 4.78 is 0.907. The van der Waals surface area contributed by atoms with Crippen LogP contribution in [-0.4, -0.2) is 24.1 Å². The van der Waals surface area contributed by atoms with Gasteiger partial charge in [-0.3, -0.25) is 0 Å². The molecule has 2 aromatic rings. The van der Waals surface area contributed by atoms with E-state index in [1.807, 2.05) is 49.3 Å². The third-order valence-electron chi connectivity index (χ3n) is 2.18. The highest BCUT2D eigenvalue weighted by atomic mass is 79.9. The number of hydrogen-bond acceptors (Lipinski definition) is 3. The summed E-state index contributed by atoms with van der Waals surface area (Å²) in [5, 5.41) is 0. The van der Waals surface area contributed by atoms with Crippen molar-refractivity contribution in [1.29, 1.82) is 0 Å². The van der Waals surface area contributed by atoms with Crippen molar-refractivity contribution in [3.8, 4) is 11.3 Å². The van der Waals surface area contributed by atoms with Crippen LogP contribution in [0.3, 0.4) is 0 Å². The fourth-order valence-electron chi connectivity index (χ4n) is 1.37. The maximum absolute atomic E-state index is 4.51. The minimum atomic E-state index is 0.710. The largest absolute Gasteiger partial charge is 0.347 e. The van der Waals surface area contributed by atoms with Gasteiger partial charge in [-0.15, -0.1) is 0 Å². The van der Waals surface area contributed by atoms with Gasteiger partial charge in [0.05, 0.1) is 10.2 Å². The zero-order chi connectivity index (χ0) is 11.5. The molecule has 0 N–H and O–H groups in total. The second-order valence-electron chi connectivity index (χ2n) is 3.63. The lowest BCUT2D eigenvalue weighted by molar-refractivity contribution is 0.997. The predicted octanol–water partition coefficient (Wildman–Crippen LogP) is 2.97. The van der Waals surface area contributed by atoms with Gasteiger partial charge >= 0.3 is 0 Å². The summed E-state index contributed by atoms with van der Waals surface area (Å²) in [4.78, 5) is 10.6. The first-order valence-corrected chi connectivity index (χ1v) is 5.73. The van der Waals surface area contributed by atoms with Crippen molar-refractivity contribution in [3.63, 3.8) is 0 Å². The molecule has 0 amide bonds. The van der Waals surface area contributed by atoms with Crippen LogP contribution in [0.4, 0.5) is 5.95 Å². The van der Waals surface area contributed by atoms with Gasteiger partial charge in [0.2, 0.25) is 5.95 Å². The van der Waals surface area contributed by atoms with Crippen molar-refractivity contribution in [2.24, 2.45) is 0 Å². The molecule has 0 atom stereocenters. The topological polar surface area (TPSA) is 29.0 Å². The van der Waals surface area contributed by atoms with E-state index in [1.54, 1.807) is 6.20 Å². The SMILES string of the molecule is CN(C)c1ncc(Br)c(-c2ccccc2)n1. The normalized spacial score (nSPS) is 10.2. The first kappa shape index (κ1) is 11.1. The minimum absolute atomic E-state index is 0.710. The van der Waals surface area contributed by atoms with E-state index in [4.69, 9.17) is 0 Å². The monoisotopic (exact) mass is 277 g/mol. The first-order chi connectivity index (χ1) is 7.68. The Morgan fingerprint density at radius 3 is 2.44 bits per heavy atom.